The zero-order valence-electron chi connectivity index (χ0n) is 18.3. The van der Waals surface area contributed by atoms with Gasteiger partial charge in [-0.1, -0.05) is 23.7 Å². The van der Waals surface area contributed by atoms with E-state index in [1.165, 1.54) is 5.56 Å². The normalized spacial score (nSPS) is 20.2. The molecule has 1 aromatic heterocycles. The van der Waals surface area contributed by atoms with Gasteiger partial charge in [0.05, 0.1) is 23.4 Å². The van der Waals surface area contributed by atoms with Crippen LogP contribution in [0.3, 0.4) is 0 Å². The largest absolute Gasteiger partial charge is 0.375 e. The number of rotatable bonds is 4. The number of para-hydroxylation sites is 1. The van der Waals surface area contributed by atoms with E-state index in [-0.39, 0.29) is 6.10 Å². The number of hydrogen-bond acceptors (Lipinski definition) is 5. The van der Waals surface area contributed by atoms with Gasteiger partial charge in [-0.25, -0.2) is 4.98 Å². The maximum absolute atomic E-state index is 6.37. The first-order valence-corrected chi connectivity index (χ1v) is 11.3. The fourth-order valence-electron chi connectivity index (χ4n) is 4.15. The first-order valence-electron chi connectivity index (χ1n) is 10.9. The molecule has 1 N–H and O–H groups in total. The van der Waals surface area contributed by atoms with Gasteiger partial charge in [0.15, 0.2) is 5.96 Å². The third-order valence-electron chi connectivity index (χ3n) is 5.81. The fourth-order valence-corrected chi connectivity index (χ4v) is 4.41. The van der Waals surface area contributed by atoms with Crippen molar-refractivity contribution in [3.63, 3.8) is 0 Å². The molecule has 2 aliphatic heterocycles. The van der Waals surface area contributed by atoms with Crippen LogP contribution in [0.5, 0.6) is 0 Å². The number of pyridine rings is 1. The lowest BCUT2D eigenvalue weighted by atomic mass is 10.2. The van der Waals surface area contributed by atoms with E-state index in [1.54, 1.807) is 0 Å². The smallest absolute Gasteiger partial charge is 0.194 e. The number of morpholine rings is 1. The topological polar surface area (TPSA) is 56.2 Å². The number of nitrogens with one attached hydrogen (secondary N) is 1. The Morgan fingerprint density at radius 1 is 1.16 bits per heavy atom. The second-order valence-electron chi connectivity index (χ2n) is 7.98. The van der Waals surface area contributed by atoms with E-state index in [2.05, 4.69) is 55.1 Å². The molecule has 8 heteroatoms. The molecule has 31 heavy (non-hydrogen) atoms. The van der Waals surface area contributed by atoms with E-state index in [1.807, 2.05) is 31.4 Å². The van der Waals surface area contributed by atoms with Crippen LogP contribution in [0.1, 0.15) is 12.5 Å². The van der Waals surface area contributed by atoms with Gasteiger partial charge in [0.2, 0.25) is 0 Å². The van der Waals surface area contributed by atoms with Crippen LogP contribution < -0.4 is 15.1 Å². The number of benzene rings is 1. The summed E-state index contributed by atoms with van der Waals surface area (Å²) < 4.78 is 5.65. The van der Waals surface area contributed by atoms with Gasteiger partial charge >= 0.3 is 0 Å². The van der Waals surface area contributed by atoms with Gasteiger partial charge < -0.3 is 24.8 Å². The van der Waals surface area contributed by atoms with Gasteiger partial charge in [0, 0.05) is 59.1 Å². The lowest BCUT2D eigenvalue weighted by Gasteiger charge is -2.38. The summed E-state index contributed by atoms with van der Waals surface area (Å²) in [6.45, 7) is 8.96. The molecule has 0 bridgehead atoms. The predicted octanol–water partition coefficient (Wildman–Crippen LogP) is 2.86. The van der Waals surface area contributed by atoms with Crippen molar-refractivity contribution in [2.24, 2.45) is 4.99 Å². The van der Waals surface area contributed by atoms with Crippen LogP contribution in [0.25, 0.3) is 0 Å². The standard InChI is InChI=1S/C23H31ClN6O/c1-18-17-30(13-14-31-18)22-15-19(7-8-26-22)16-27-23(25-2)29-11-9-28(10-12-29)21-6-4-3-5-20(21)24/h3-8,15,18H,9-14,16-17H2,1-2H3,(H,25,27). The molecule has 2 fully saturated rings. The predicted molar refractivity (Wildman–Crippen MR) is 127 cm³/mol. The monoisotopic (exact) mass is 442 g/mol. The SMILES string of the molecule is CN=C(NCc1ccnc(N2CCOC(C)C2)c1)N1CCN(c2ccccc2Cl)CC1. The van der Waals surface area contributed by atoms with Gasteiger partial charge in [-0.05, 0) is 36.8 Å². The minimum Gasteiger partial charge on any atom is -0.375 e. The summed E-state index contributed by atoms with van der Waals surface area (Å²) in [5.74, 6) is 1.94. The summed E-state index contributed by atoms with van der Waals surface area (Å²) in [6, 6.07) is 12.3. The Labute approximate surface area is 189 Å². The van der Waals surface area contributed by atoms with E-state index in [0.29, 0.717) is 6.54 Å². The summed E-state index contributed by atoms with van der Waals surface area (Å²) in [7, 11) is 1.84. The number of nitrogens with zero attached hydrogens (tertiary/aromatic N) is 5. The molecule has 1 atom stereocenters. The van der Waals surface area contributed by atoms with E-state index < -0.39 is 0 Å². The van der Waals surface area contributed by atoms with Crippen molar-refractivity contribution in [1.29, 1.82) is 0 Å². The van der Waals surface area contributed by atoms with E-state index >= 15 is 0 Å². The van der Waals surface area contributed by atoms with E-state index in [4.69, 9.17) is 16.3 Å². The number of aliphatic imine (C=N–C) groups is 1. The van der Waals surface area contributed by atoms with E-state index in [0.717, 1.165) is 68.4 Å². The Hall–Kier alpha value is -2.51. The van der Waals surface area contributed by atoms with Crippen molar-refractivity contribution in [2.75, 3.05) is 62.7 Å². The first-order chi connectivity index (χ1) is 15.1. The number of hydrogen-bond donors (Lipinski definition) is 1. The van der Waals surface area contributed by atoms with Crippen LogP contribution in [0.4, 0.5) is 11.5 Å². The molecule has 0 spiro atoms. The zero-order valence-corrected chi connectivity index (χ0v) is 19.1. The van der Waals surface area contributed by atoms with Gasteiger partial charge in [-0.15, -0.1) is 0 Å². The molecular formula is C23H31ClN6O. The van der Waals surface area contributed by atoms with Crippen molar-refractivity contribution >= 4 is 29.1 Å². The maximum Gasteiger partial charge on any atom is 0.194 e. The Kier molecular flexibility index (Phi) is 7.14. The molecule has 4 rings (SSSR count). The third-order valence-corrected chi connectivity index (χ3v) is 6.13. The van der Waals surface area contributed by atoms with Crippen molar-refractivity contribution in [3.05, 3.63) is 53.2 Å². The highest BCUT2D eigenvalue weighted by Crippen LogP contribution is 2.26. The third kappa shape index (κ3) is 5.40. The Bertz CT molecular complexity index is 899. The number of anilines is 2. The molecule has 166 valence electrons. The van der Waals surface area contributed by atoms with Crippen molar-refractivity contribution in [3.8, 4) is 0 Å². The zero-order chi connectivity index (χ0) is 21.6. The molecule has 2 aromatic rings. The number of guanidine groups is 1. The summed E-state index contributed by atoms with van der Waals surface area (Å²) in [5.41, 5.74) is 2.30. The lowest BCUT2D eigenvalue weighted by molar-refractivity contribution is 0.0529. The molecule has 0 amide bonds. The van der Waals surface area contributed by atoms with E-state index in [9.17, 15) is 0 Å². The summed E-state index contributed by atoms with van der Waals surface area (Å²) in [5, 5.41) is 4.33. The quantitative estimate of drug-likeness (QED) is 0.580. The summed E-state index contributed by atoms with van der Waals surface area (Å²) in [6.07, 6.45) is 2.12. The highest BCUT2D eigenvalue weighted by atomic mass is 35.5. The second kappa shape index (κ2) is 10.2. The molecular weight excluding hydrogens is 412 g/mol. The number of piperazine rings is 1. The van der Waals surface area contributed by atoms with Gasteiger partial charge in [0.1, 0.15) is 5.82 Å². The molecule has 0 saturated carbocycles. The number of ether oxygens (including phenoxy) is 1. The van der Waals surface area contributed by atoms with Crippen LogP contribution in [0.15, 0.2) is 47.6 Å². The average Bonchev–Trinajstić information content (AvgIpc) is 2.80. The Balaban J connectivity index is 1.32. The van der Waals surface area contributed by atoms with Crippen molar-refractivity contribution in [1.82, 2.24) is 15.2 Å². The summed E-state index contributed by atoms with van der Waals surface area (Å²) in [4.78, 5) is 16.0. The van der Waals surface area contributed by atoms with Crippen LogP contribution in [-0.2, 0) is 11.3 Å². The Morgan fingerprint density at radius 3 is 2.71 bits per heavy atom. The minimum absolute atomic E-state index is 0.237. The van der Waals surface area contributed by atoms with Gasteiger partial charge in [-0.2, -0.15) is 0 Å². The molecule has 2 aliphatic rings. The molecule has 2 saturated heterocycles. The highest BCUT2D eigenvalue weighted by molar-refractivity contribution is 6.33. The highest BCUT2D eigenvalue weighted by Gasteiger charge is 2.21. The van der Waals surface area contributed by atoms with Crippen LogP contribution in [-0.4, -0.2) is 74.9 Å². The van der Waals surface area contributed by atoms with Crippen LogP contribution >= 0.6 is 11.6 Å². The number of halogens is 1. The molecule has 3 heterocycles. The van der Waals surface area contributed by atoms with Crippen molar-refractivity contribution < 1.29 is 4.74 Å². The average molecular weight is 443 g/mol. The molecule has 1 unspecified atom stereocenters. The number of aromatic nitrogens is 1. The second-order valence-corrected chi connectivity index (χ2v) is 8.38. The molecule has 0 aliphatic carbocycles. The van der Waals surface area contributed by atoms with Gasteiger partial charge in [0.25, 0.3) is 0 Å². The summed E-state index contributed by atoms with van der Waals surface area (Å²) >= 11 is 6.37. The molecule has 0 radical (unpaired) electrons. The van der Waals surface area contributed by atoms with Crippen molar-refractivity contribution in [2.45, 2.75) is 19.6 Å². The van der Waals surface area contributed by atoms with Crippen LogP contribution in [0, 0.1) is 0 Å². The maximum atomic E-state index is 6.37. The minimum atomic E-state index is 0.237. The fraction of sp³-hybridized carbons (Fsp3) is 0.478. The van der Waals surface area contributed by atoms with Gasteiger partial charge in [-0.3, -0.25) is 4.99 Å². The Morgan fingerprint density at radius 2 is 1.97 bits per heavy atom. The molecule has 1 aromatic carbocycles. The molecule has 7 nitrogen and oxygen atoms in total. The first kappa shape index (κ1) is 21.7. The van der Waals surface area contributed by atoms with Crippen LogP contribution in [0.2, 0.25) is 5.02 Å². The lowest BCUT2D eigenvalue weighted by Crippen LogP contribution is -2.52.